The Morgan fingerprint density at radius 2 is 2.11 bits per heavy atom. The van der Waals surface area contributed by atoms with Crippen LogP contribution in [0.3, 0.4) is 0 Å². The lowest BCUT2D eigenvalue weighted by Gasteiger charge is -2.39. The number of ether oxygens (including phenoxy) is 1. The van der Waals surface area contributed by atoms with Gasteiger partial charge in [0, 0.05) is 19.1 Å². The fraction of sp³-hybridized carbons (Fsp3) is 0.933. The lowest BCUT2D eigenvalue weighted by atomic mass is 9.90. The van der Waals surface area contributed by atoms with E-state index in [1.165, 1.54) is 19.3 Å². The van der Waals surface area contributed by atoms with E-state index in [1.54, 1.807) is 6.92 Å². The van der Waals surface area contributed by atoms with Crippen molar-refractivity contribution in [2.75, 3.05) is 19.7 Å². The number of nitrogens with two attached hydrogens (primary N) is 1. The van der Waals surface area contributed by atoms with Crippen molar-refractivity contribution in [1.82, 2.24) is 4.90 Å². The molecule has 1 aliphatic rings. The van der Waals surface area contributed by atoms with Crippen LogP contribution in [0.15, 0.2) is 0 Å². The molecule has 4 heteroatoms. The van der Waals surface area contributed by atoms with Crippen molar-refractivity contribution in [3.63, 3.8) is 0 Å². The Balaban J connectivity index is 2.47. The van der Waals surface area contributed by atoms with Crippen LogP contribution in [0.4, 0.5) is 0 Å². The van der Waals surface area contributed by atoms with Gasteiger partial charge in [-0.15, -0.1) is 0 Å². The van der Waals surface area contributed by atoms with Crippen molar-refractivity contribution in [3.8, 4) is 0 Å². The Bertz CT molecular complexity index is 292. The number of hydrogen-bond donors (Lipinski definition) is 1. The van der Waals surface area contributed by atoms with Crippen molar-refractivity contribution < 1.29 is 9.53 Å². The summed E-state index contributed by atoms with van der Waals surface area (Å²) in [7, 11) is 0. The number of esters is 1. The Hall–Kier alpha value is -0.610. The third kappa shape index (κ3) is 4.77. The molecule has 3 unspecified atom stereocenters. The number of carbonyl (C=O) groups excluding carboxylic acids is 1. The topological polar surface area (TPSA) is 55.6 Å². The third-order valence-electron chi connectivity index (χ3n) is 4.35. The van der Waals surface area contributed by atoms with Crippen LogP contribution in [-0.4, -0.2) is 42.1 Å². The van der Waals surface area contributed by atoms with Crippen molar-refractivity contribution in [1.29, 1.82) is 0 Å². The maximum atomic E-state index is 11.8. The molecule has 0 radical (unpaired) electrons. The van der Waals surface area contributed by atoms with Crippen LogP contribution in [0.1, 0.15) is 53.4 Å². The second kappa shape index (κ2) is 7.25. The van der Waals surface area contributed by atoms with E-state index in [2.05, 4.69) is 18.7 Å². The van der Waals surface area contributed by atoms with Gasteiger partial charge >= 0.3 is 5.97 Å². The highest BCUT2D eigenvalue weighted by Gasteiger charge is 2.32. The first kappa shape index (κ1) is 16.4. The molecule has 1 fully saturated rings. The predicted octanol–water partition coefficient (Wildman–Crippen LogP) is 2.17. The first-order chi connectivity index (χ1) is 8.90. The maximum Gasteiger partial charge on any atom is 0.325 e. The third-order valence-corrected chi connectivity index (χ3v) is 4.35. The zero-order chi connectivity index (χ0) is 14.5. The summed E-state index contributed by atoms with van der Waals surface area (Å²) >= 11 is 0. The second-order valence-electron chi connectivity index (χ2n) is 6.08. The monoisotopic (exact) mass is 270 g/mol. The molecule has 1 heterocycles. The number of piperidine rings is 1. The molecule has 1 saturated heterocycles. The van der Waals surface area contributed by atoms with Crippen LogP contribution in [0.2, 0.25) is 0 Å². The van der Waals surface area contributed by atoms with E-state index in [9.17, 15) is 4.79 Å². The summed E-state index contributed by atoms with van der Waals surface area (Å²) in [6, 6.07) is 0.598. The molecule has 0 aromatic heterocycles. The molecule has 112 valence electrons. The zero-order valence-electron chi connectivity index (χ0n) is 12.9. The number of carbonyl (C=O) groups is 1. The van der Waals surface area contributed by atoms with E-state index < -0.39 is 5.54 Å². The van der Waals surface area contributed by atoms with Gasteiger partial charge in [0.25, 0.3) is 0 Å². The first-order valence-corrected chi connectivity index (χ1v) is 7.60. The van der Waals surface area contributed by atoms with Crippen LogP contribution in [0.25, 0.3) is 0 Å². The van der Waals surface area contributed by atoms with Crippen molar-refractivity contribution in [2.45, 2.75) is 65.0 Å². The van der Waals surface area contributed by atoms with Gasteiger partial charge in [-0.25, -0.2) is 0 Å². The number of hydrogen-bond acceptors (Lipinski definition) is 4. The summed E-state index contributed by atoms with van der Waals surface area (Å²) < 4.78 is 5.03. The van der Waals surface area contributed by atoms with Crippen LogP contribution in [0, 0.1) is 5.92 Å². The highest BCUT2D eigenvalue weighted by molar-refractivity contribution is 5.79. The summed E-state index contributed by atoms with van der Waals surface area (Å²) in [5.41, 5.74) is 5.21. The largest absolute Gasteiger partial charge is 0.465 e. The normalized spacial score (nSPS) is 27.8. The average Bonchev–Trinajstić information content (AvgIpc) is 2.38. The van der Waals surface area contributed by atoms with Gasteiger partial charge in [-0.3, -0.25) is 4.79 Å². The number of nitrogens with zero attached hydrogens (tertiary/aromatic N) is 1. The van der Waals surface area contributed by atoms with Gasteiger partial charge in [0.15, 0.2) is 0 Å². The fourth-order valence-corrected chi connectivity index (χ4v) is 2.68. The minimum absolute atomic E-state index is 0.285. The number of likely N-dealkylation sites (tertiary alicyclic amines) is 1. The molecule has 0 spiro atoms. The van der Waals surface area contributed by atoms with E-state index in [0.717, 1.165) is 19.0 Å². The molecule has 2 N–H and O–H groups in total. The molecule has 1 aliphatic heterocycles. The van der Waals surface area contributed by atoms with Crippen LogP contribution in [0.5, 0.6) is 0 Å². The average molecular weight is 270 g/mol. The summed E-state index contributed by atoms with van der Waals surface area (Å²) in [5, 5.41) is 0. The molecule has 1 rings (SSSR count). The van der Waals surface area contributed by atoms with Gasteiger partial charge in [-0.1, -0.05) is 13.3 Å². The molecule has 0 saturated carbocycles. The van der Waals surface area contributed by atoms with Crippen LogP contribution >= 0.6 is 0 Å². The smallest absolute Gasteiger partial charge is 0.325 e. The van der Waals surface area contributed by atoms with Crippen molar-refractivity contribution >= 4 is 5.97 Å². The minimum Gasteiger partial charge on any atom is -0.465 e. The molecule has 0 aromatic carbocycles. The summed E-state index contributed by atoms with van der Waals surface area (Å²) in [6.07, 6.45) is 4.47. The fourth-order valence-electron chi connectivity index (χ4n) is 2.68. The van der Waals surface area contributed by atoms with Crippen molar-refractivity contribution in [2.24, 2.45) is 11.7 Å². The molecule has 3 atom stereocenters. The lowest BCUT2D eigenvalue weighted by molar-refractivity contribution is -0.149. The minimum atomic E-state index is -0.866. The highest BCUT2D eigenvalue weighted by Crippen LogP contribution is 2.25. The molecule has 19 heavy (non-hydrogen) atoms. The first-order valence-electron chi connectivity index (χ1n) is 7.60. The highest BCUT2D eigenvalue weighted by atomic mass is 16.5. The Labute approximate surface area is 117 Å². The van der Waals surface area contributed by atoms with Gasteiger partial charge in [0.05, 0.1) is 6.61 Å². The van der Waals surface area contributed by atoms with Gasteiger partial charge in [0.1, 0.15) is 5.54 Å². The van der Waals surface area contributed by atoms with Gasteiger partial charge in [-0.05, 0) is 46.0 Å². The number of rotatable bonds is 6. The Morgan fingerprint density at radius 3 is 2.68 bits per heavy atom. The molecular weight excluding hydrogens is 240 g/mol. The van der Waals surface area contributed by atoms with E-state index in [0.29, 0.717) is 19.1 Å². The van der Waals surface area contributed by atoms with Crippen molar-refractivity contribution in [3.05, 3.63) is 0 Å². The quantitative estimate of drug-likeness (QED) is 0.752. The lowest BCUT2D eigenvalue weighted by Crippen LogP contribution is -2.50. The van der Waals surface area contributed by atoms with E-state index in [-0.39, 0.29) is 5.97 Å². The maximum absolute atomic E-state index is 11.8. The molecule has 4 nitrogen and oxygen atoms in total. The van der Waals surface area contributed by atoms with Crippen LogP contribution < -0.4 is 5.73 Å². The van der Waals surface area contributed by atoms with Gasteiger partial charge < -0.3 is 15.4 Å². The Morgan fingerprint density at radius 1 is 1.42 bits per heavy atom. The Kier molecular flexibility index (Phi) is 6.27. The molecule has 0 bridgehead atoms. The molecule has 0 amide bonds. The predicted molar refractivity (Wildman–Crippen MR) is 77.9 cm³/mol. The van der Waals surface area contributed by atoms with E-state index >= 15 is 0 Å². The SMILES string of the molecule is CCOC(=O)C(C)(N)CCN1CC(CC)CCC1C. The van der Waals surface area contributed by atoms with Crippen LogP contribution in [-0.2, 0) is 9.53 Å². The van der Waals surface area contributed by atoms with E-state index in [1.807, 2.05) is 6.92 Å². The van der Waals surface area contributed by atoms with Gasteiger partial charge in [0.2, 0.25) is 0 Å². The summed E-state index contributed by atoms with van der Waals surface area (Å²) in [6.45, 7) is 10.5. The van der Waals surface area contributed by atoms with Gasteiger partial charge in [-0.2, -0.15) is 0 Å². The second-order valence-corrected chi connectivity index (χ2v) is 6.08. The standard InChI is InChI=1S/C15H30N2O2/c1-5-13-8-7-12(3)17(11-13)10-9-15(4,16)14(18)19-6-2/h12-13H,5-11,16H2,1-4H3. The molecule has 0 aromatic rings. The zero-order valence-corrected chi connectivity index (χ0v) is 12.9. The molecule has 0 aliphatic carbocycles. The molecular formula is C15H30N2O2. The van der Waals surface area contributed by atoms with E-state index in [4.69, 9.17) is 10.5 Å². The summed E-state index contributed by atoms with van der Waals surface area (Å²) in [5.74, 6) is 0.509. The summed E-state index contributed by atoms with van der Waals surface area (Å²) in [4.78, 5) is 14.2.